The summed E-state index contributed by atoms with van der Waals surface area (Å²) in [7, 11) is 1.52. The smallest absolute Gasteiger partial charge is 0.286 e. The minimum atomic E-state index is -0.258. The van der Waals surface area contributed by atoms with E-state index in [0.29, 0.717) is 11.3 Å². The second-order valence-electron chi connectivity index (χ2n) is 9.04. The van der Waals surface area contributed by atoms with Crippen LogP contribution in [-0.4, -0.2) is 25.1 Å². The molecule has 2 aromatic rings. The maximum Gasteiger partial charge on any atom is 0.286 e. The molecule has 0 bridgehead atoms. The number of carbonyl (C=O) groups is 1. The van der Waals surface area contributed by atoms with E-state index in [0.717, 1.165) is 53.6 Å². The van der Waals surface area contributed by atoms with E-state index in [4.69, 9.17) is 4.74 Å². The highest BCUT2D eigenvalue weighted by atomic mass is 19.1. The average molecular weight is 439 g/mol. The van der Waals surface area contributed by atoms with Gasteiger partial charge in [-0.05, 0) is 87.1 Å². The number of carbonyl (C=O) groups excluding carboxylic acids is 1. The highest BCUT2D eigenvalue weighted by Crippen LogP contribution is 2.31. The Morgan fingerprint density at radius 3 is 2.41 bits per heavy atom. The minimum Gasteiger partial charge on any atom is -0.491 e. The zero-order valence-corrected chi connectivity index (χ0v) is 19.8. The summed E-state index contributed by atoms with van der Waals surface area (Å²) >= 11 is 0. The molecule has 0 aromatic heterocycles. The number of ether oxygens (including phenoxy) is 1. The maximum absolute atomic E-state index is 14.9. The van der Waals surface area contributed by atoms with Gasteiger partial charge in [-0.25, -0.2) is 4.39 Å². The van der Waals surface area contributed by atoms with Crippen molar-refractivity contribution in [2.75, 3.05) is 12.4 Å². The molecule has 1 fully saturated rings. The van der Waals surface area contributed by atoms with Crippen LogP contribution in [0.1, 0.15) is 62.6 Å². The quantitative estimate of drug-likeness (QED) is 0.390. The third-order valence-corrected chi connectivity index (χ3v) is 6.00. The van der Waals surface area contributed by atoms with Crippen molar-refractivity contribution in [3.05, 3.63) is 58.6 Å². The molecule has 0 radical (unpaired) electrons. The second-order valence-corrected chi connectivity index (χ2v) is 9.04. The van der Waals surface area contributed by atoms with Gasteiger partial charge in [0.15, 0.2) is 5.76 Å². The summed E-state index contributed by atoms with van der Waals surface area (Å²) in [6, 6.07) is 9.67. The third-order valence-electron chi connectivity index (χ3n) is 6.00. The van der Waals surface area contributed by atoms with Crippen molar-refractivity contribution < 1.29 is 13.9 Å². The number of benzene rings is 2. The van der Waals surface area contributed by atoms with Gasteiger partial charge in [0.05, 0.1) is 7.11 Å². The fraction of sp³-hybridized carbons (Fsp3) is 0.444. The van der Waals surface area contributed by atoms with Crippen molar-refractivity contribution in [3.8, 4) is 11.1 Å². The van der Waals surface area contributed by atoms with Crippen molar-refractivity contribution in [2.24, 2.45) is 0 Å². The van der Waals surface area contributed by atoms with Crippen LogP contribution in [0.25, 0.3) is 17.2 Å². The molecule has 0 atom stereocenters. The highest BCUT2D eigenvalue weighted by molar-refractivity contribution is 5.96. The largest absolute Gasteiger partial charge is 0.491 e. The van der Waals surface area contributed by atoms with Crippen molar-refractivity contribution in [2.45, 2.75) is 71.9 Å². The van der Waals surface area contributed by atoms with Crippen LogP contribution >= 0.6 is 0 Å². The Kier molecular flexibility index (Phi) is 7.94. The Morgan fingerprint density at radius 2 is 1.78 bits per heavy atom. The van der Waals surface area contributed by atoms with E-state index >= 15 is 0 Å². The maximum atomic E-state index is 14.9. The average Bonchev–Trinajstić information content (AvgIpc) is 2.74. The molecule has 1 aliphatic carbocycles. The predicted octanol–water partition coefficient (Wildman–Crippen LogP) is 6.37. The van der Waals surface area contributed by atoms with E-state index in [1.807, 2.05) is 52.0 Å². The second kappa shape index (κ2) is 10.7. The van der Waals surface area contributed by atoms with Gasteiger partial charge in [0, 0.05) is 23.3 Å². The third kappa shape index (κ3) is 5.90. The molecule has 1 aliphatic rings. The molecule has 0 spiro atoms. The molecule has 2 aromatic carbocycles. The van der Waals surface area contributed by atoms with E-state index in [-0.39, 0.29) is 23.8 Å². The molecule has 0 aliphatic heterocycles. The van der Waals surface area contributed by atoms with Crippen LogP contribution in [0.5, 0.6) is 0 Å². The lowest BCUT2D eigenvalue weighted by atomic mass is 9.94. The molecular weight excluding hydrogens is 403 g/mol. The number of nitrogens with one attached hydrogen (secondary N) is 2. The summed E-state index contributed by atoms with van der Waals surface area (Å²) < 4.78 is 20.3. The first-order chi connectivity index (χ1) is 15.3. The lowest BCUT2D eigenvalue weighted by Crippen LogP contribution is -2.37. The topological polar surface area (TPSA) is 50.4 Å². The Hall–Kier alpha value is -2.82. The first-order valence-electron chi connectivity index (χ1n) is 11.5. The first kappa shape index (κ1) is 23.8. The van der Waals surface area contributed by atoms with E-state index in [9.17, 15) is 9.18 Å². The van der Waals surface area contributed by atoms with Gasteiger partial charge in [0.1, 0.15) is 5.82 Å². The number of methoxy groups -OCH3 is 1. The standard InChI is InChI=1S/C27H35FN2O2/c1-17(2)29-22-11-12-23(25(28)16-22)24-14-18(3)20(13-19(24)4)15-26(32-5)27(31)30-21-9-7-6-8-10-21/h11-17,21,29H,6-10H2,1-5H3,(H,30,31). The molecule has 2 N–H and O–H groups in total. The van der Waals surface area contributed by atoms with Gasteiger partial charge >= 0.3 is 0 Å². The number of hydrogen-bond donors (Lipinski definition) is 2. The molecule has 0 saturated heterocycles. The van der Waals surface area contributed by atoms with Gasteiger partial charge in [0.25, 0.3) is 5.91 Å². The molecular formula is C27H35FN2O2. The van der Waals surface area contributed by atoms with Crippen molar-refractivity contribution >= 4 is 17.7 Å². The van der Waals surface area contributed by atoms with Gasteiger partial charge in [0.2, 0.25) is 0 Å². The summed E-state index contributed by atoms with van der Waals surface area (Å²) in [4.78, 5) is 12.7. The molecule has 5 heteroatoms. The molecule has 3 rings (SSSR count). The van der Waals surface area contributed by atoms with E-state index in [2.05, 4.69) is 10.6 Å². The van der Waals surface area contributed by atoms with Gasteiger partial charge in [-0.2, -0.15) is 0 Å². The molecule has 0 heterocycles. The Labute approximate surface area is 191 Å². The summed E-state index contributed by atoms with van der Waals surface area (Å²) in [5, 5.41) is 6.33. The Bertz CT molecular complexity index is 991. The van der Waals surface area contributed by atoms with E-state index < -0.39 is 0 Å². The molecule has 172 valence electrons. The summed E-state index contributed by atoms with van der Waals surface area (Å²) in [6.07, 6.45) is 7.36. The molecule has 0 unspecified atom stereocenters. The number of hydrogen-bond acceptors (Lipinski definition) is 3. The fourth-order valence-corrected chi connectivity index (χ4v) is 4.30. The van der Waals surface area contributed by atoms with Crippen LogP contribution < -0.4 is 10.6 Å². The normalized spacial score (nSPS) is 15.0. The number of anilines is 1. The SMILES string of the molecule is COC(=Cc1cc(C)c(-c2ccc(NC(C)C)cc2F)cc1C)C(=O)NC1CCCCC1. The van der Waals surface area contributed by atoms with Crippen LogP contribution in [0, 0.1) is 19.7 Å². The number of rotatable bonds is 7. The monoisotopic (exact) mass is 438 g/mol. The van der Waals surface area contributed by atoms with Crippen LogP contribution in [0.15, 0.2) is 36.1 Å². The van der Waals surface area contributed by atoms with Crippen molar-refractivity contribution in [1.29, 1.82) is 0 Å². The Morgan fingerprint density at radius 1 is 1.06 bits per heavy atom. The van der Waals surface area contributed by atoms with Gasteiger partial charge in [-0.3, -0.25) is 4.79 Å². The zero-order valence-electron chi connectivity index (χ0n) is 19.8. The van der Waals surface area contributed by atoms with Crippen LogP contribution in [0.2, 0.25) is 0 Å². The van der Waals surface area contributed by atoms with Gasteiger partial charge < -0.3 is 15.4 Å². The zero-order chi connectivity index (χ0) is 23.3. The van der Waals surface area contributed by atoms with Crippen molar-refractivity contribution in [1.82, 2.24) is 5.32 Å². The fourth-order valence-electron chi connectivity index (χ4n) is 4.30. The molecule has 1 amide bonds. The molecule has 4 nitrogen and oxygen atoms in total. The Balaban J connectivity index is 1.85. The van der Waals surface area contributed by atoms with E-state index in [1.165, 1.54) is 19.6 Å². The minimum absolute atomic E-state index is 0.181. The molecule has 1 saturated carbocycles. The first-order valence-corrected chi connectivity index (χ1v) is 11.5. The van der Waals surface area contributed by atoms with Gasteiger partial charge in [-0.1, -0.05) is 31.4 Å². The van der Waals surface area contributed by atoms with Gasteiger partial charge in [-0.15, -0.1) is 0 Å². The number of aryl methyl sites for hydroxylation is 2. The van der Waals surface area contributed by atoms with Crippen LogP contribution in [0.4, 0.5) is 10.1 Å². The van der Waals surface area contributed by atoms with Crippen LogP contribution in [0.3, 0.4) is 0 Å². The van der Waals surface area contributed by atoms with Crippen molar-refractivity contribution in [3.63, 3.8) is 0 Å². The summed E-state index contributed by atoms with van der Waals surface area (Å²) in [5.74, 6) is -0.146. The highest BCUT2D eigenvalue weighted by Gasteiger charge is 2.19. The number of halogens is 1. The lowest BCUT2D eigenvalue weighted by Gasteiger charge is -2.23. The number of amides is 1. The predicted molar refractivity (Wildman–Crippen MR) is 130 cm³/mol. The molecule has 32 heavy (non-hydrogen) atoms. The summed E-state index contributed by atoms with van der Waals surface area (Å²) in [6.45, 7) is 7.97. The summed E-state index contributed by atoms with van der Waals surface area (Å²) in [5.41, 5.74) is 4.96. The lowest BCUT2D eigenvalue weighted by molar-refractivity contribution is -0.121. The van der Waals surface area contributed by atoms with Crippen LogP contribution in [-0.2, 0) is 9.53 Å². The van der Waals surface area contributed by atoms with E-state index in [1.54, 1.807) is 6.08 Å².